The van der Waals surface area contributed by atoms with Crippen molar-refractivity contribution < 1.29 is 19.4 Å². The summed E-state index contributed by atoms with van der Waals surface area (Å²) in [7, 11) is 0. The molecule has 2 saturated carbocycles. The summed E-state index contributed by atoms with van der Waals surface area (Å²) < 4.78 is 5.38. The fourth-order valence-corrected chi connectivity index (χ4v) is 6.41. The highest BCUT2D eigenvalue weighted by atomic mass is 16.5. The lowest BCUT2D eigenvalue weighted by Gasteiger charge is -2.56. The van der Waals surface area contributed by atoms with Crippen LogP contribution in [0.1, 0.15) is 56.9 Å². The Hall–Kier alpha value is -2.06. The van der Waals surface area contributed by atoms with Gasteiger partial charge in [0, 0.05) is 37.4 Å². The van der Waals surface area contributed by atoms with Crippen molar-refractivity contribution >= 4 is 11.8 Å². The molecular weight excluding hydrogens is 408 g/mol. The standard InChI is InChI=1S/C24H36N4O4/c1-15(23(31)28-10-12-32-13-11-28)17-4-6-24(3)7-5-18(16(2)20(24)21(17)29)27-22(30)19-14-25-8-9-26-19/h8-9,14-18,20-21,29H,4-7,10-13H2,1-3H3,(H,27,30)/t15-,16+,17?,18-,20+,21-,24-/m0/s1. The van der Waals surface area contributed by atoms with Crippen LogP contribution >= 0.6 is 0 Å². The van der Waals surface area contributed by atoms with Crippen LogP contribution in [0.3, 0.4) is 0 Å². The van der Waals surface area contributed by atoms with E-state index in [0.717, 1.165) is 25.7 Å². The minimum atomic E-state index is -0.569. The number of nitrogens with one attached hydrogen (secondary N) is 1. The van der Waals surface area contributed by atoms with Crippen molar-refractivity contribution in [2.24, 2.45) is 29.1 Å². The summed E-state index contributed by atoms with van der Waals surface area (Å²) in [6.45, 7) is 8.77. The summed E-state index contributed by atoms with van der Waals surface area (Å²) in [4.78, 5) is 35.8. The molecule has 3 fully saturated rings. The third-order valence-corrected chi connectivity index (χ3v) is 8.35. The summed E-state index contributed by atoms with van der Waals surface area (Å²) in [5.74, 6) is -0.275. The first kappa shape index (κ1) is 23.1. The molecule has 3 aliphatic rings. The van der Waals surface area contributed by atoms with Gasteiger partial charge in [-0.1, -0.05) is 20.8 Å². The fraction of sp³-hybridized carbons (Fsp3) is 0.750. The highest BCUT2D eigenvalue weighted by Gasteiger charge is 2.54. The molecule has 1 aromatic heterocycles. The quantitative estimate of drug-likeness (QED) is 0.735. The van der Waals surface area contributed by atoms with Gasteiger partial charge in [0.25, 0.3) is 5.91 Å². The minimum Gasteiger partial charge on any atom is -0.392 e. The molecule has 2 amide bonds. The van der Waals surface area contributed by atoms with Crippen molar-refractivity contribution in [1.82, 2.24) is 20.2 Å². The van der Waals surface area contributed by atoms with E-state index in [1.165, 1.54) is 12.4 Å². The molecule has 2 heterocycles. The Kier molecular flexibility index (Phi) is 6.81. The number of amides is 2. The van der Waals surface area contributed by atoms with Gasteiger partial charge in [-0.2, -0.15) is 0 Å². The molecule has 1 unspecified atom stereocenters. The average Bonchev–Trinajstić information content (AvgIpc) is 2.81. The van der Waals surface area contributed by atoms with Crippen molar-refractivity contribution in [3.05, 3.63) is 24.3 Å². The van der Waals surface area contributed by atoms with E-state index in [-0.39, 0.29) is 46.9 Å². The van der Waals surface area contributed by atoms with Crippen LogP contribution in [0.4, 0.5) is 0 Å². The van der Waals surface area contributed by atoms with Crippen LogP contribution in [0, 0.1) is 29.1 Å². The Morgan fingerprint density at radius 1 is 1.25 bits per heavy atom. The number of aromatic nitrogens is 2. The minimum absolute atomic E-state index is 0.0187. The first-order valence-electron chi connectivity index (χ1n) is 11.9. The van der Waals surface area contributed by atoms with Gasteiger partial charge >= 0.3 is 0 Å². The third-order valence-electron chi connectivity index (χ3n) is 8.35. The highest BCUT2D eigenvalue weighted by Crippen LogP contribution is 2.55. The van der Waals surface area contributed by atoms with Crippen LogP contribution in [0.5, 0.6) is 0 Å². The predicted molar refractivity (Wildman–Crippen MR) is 119 cm³/mol. The maximum atomic E-state index is 13.1. The molecule has 7 atom stereocenters. The van der Waals surface area contributed by atoms with Crippen molar-refractivity contribution in [3.63, 3.8) is 0 Å². The molecule has 4 rings (SSSR count). The number of hydrogen-bond donors (Lipinski definition) is 2. The fourth-order valence-electron chi connectivity index (χ4n) is 6.41. The molecular formula is C24H36N4O4. The number of aliphatic hydroxyl groups excluding tert-OH is 1. The number of ether oxygens (including phenoxy) is 1. The zero-order valence-electron chi connectivity index (χ0n) is 19.4. The smallest absolute Gasteiger partial charge is 0.271 e. The lowest BCUT2D eigenvalue weighted by atomic mass is 9.51. The van der Waals surface area contributed by atoms with Crippen LogP contribution < -0.4 is 5.32 Å². The summed E-state index contributed by atoms with van der Waals surface area (Å²) in [5.41, 5.74) is 0.324. The number of rotatable bonds is 4. The maximum absolute atomic E-state index is 13.1. The van der Waals surface area contributed by atoms with Gasteiger partial charge in [-0.15, -0.1) is 0 Å². The monoisotopic (exact) mass is 444 g/mol. The second kappa shape index (κ2) is 9.43. The number of morpholine rings is 1. The Morgan fingerprint density at radius 3 is 2.66 bits per heavy atom. The number of carbonyl (C=O) groups excluding carboxylic acids is 2. The molecule has 2 aliphatic carbocycles. The molecule has 2 N–H and O–H groups in total. The van der Waals surface area contributed by atoms with Gasteiger partial charge in [-0.3, -0.25) is 14.6 Å². The van der Waals surface area contributed by atoms with Crippen molar-refractivity contribution in [2.75, 3.05) is 26.3 Å². The van der Waals surface area contributed by atoms with E-state index in [0.29, 0.717) is 32.0 Å². The van der Waals surface area contributed by atoms with E-state index in [2.05, 4.69) is 29.1 Å². The molecule has 0 radical (unpaired) electrons. The number of aliphatic hydroxyl groups is 1. The van der Waals surface area contributed by atoms with Crippen LogP contribution in [-0.4, -0.2) is 70.2 Å². The van der Waals surface area contributed by atoms with Crippen LogP contribution in [0.2, 0.25) is 0 Å². The van der Waals surface area contributed by atoms with E-state index in [1.54, 1.807) is 6.20 Å². The molecule has 1 saturated heterocycles. The Balaban J connectivity index is 1.47. The average molecular weight is 445 g/mol. The summed E-state index contributed by atoms with van der Waals surface area (Å²) in [6.07, 6.45) is 7.63. The van der Waals surface area contributed by atoms with Gasteiger partial charge in [-0.05, 0) is 48.9 Å². The van der Waals surface area contributed by atoms with E-state index < -0.39 is 6.10 Å². The summed E-state index contributed by atoms with van der Waals surface area (Å²) >= 11 is 0. The molecule has 32 heavy (non-hydrogen) atoms. The topological polar surface area (TPSA) is 105 Å². The number of carbonyl (C=O) groups is 2. The lowest BCUT2D eigenvalue weighted by molar-refractivity contribution is -0.153. The number of nitrogens with zero attached hydrogens (tertiary/aromatic N) is 3. The first-order chi connectivity index (χ1) is 15.3. The molecule has 176 valence electrons. The highest BCUT2D eigenvalue weighted by molar-refractivity contribution is 5.92. The van der Waals surface area contributed by atoms with Crippen LogP contribution in [0.15, 0.2) is 18.6 Å². The Bertz CT molecular complexity index is 815. The number of hydrogen-bond acceptors (Lipinski definition) is 6. The maximum Gasteiger partial charge on any atom is 0.271 e. The Morgan fingerprint density at radius 2 is 1.97 bits per heavy atom. The van der Waals surface area contributed by atoms with E-state index in [1.807, 2.05) is 11.8 Å². The molecule has 0 aromatic carbocycles. The van der Waals surface area contributed by atoms with Gasteiger partial charge < -0.3 is 20.1 Å². The van der Waals surface area contributed by atoms with E-state index >= 15 is 0 Å². The van der Waals surface area contributed by atoms with Crippen LogP contribution in [-0.2, 0) is 9.53 Å². The number of fused-ring (bicyclic) bond motifs is 1. The van der Waals surface area contributed by atoms with Gasteiger partial charge in [-0.25, -0.2) is 4.98 Å². The van der Waals surface area contributed by atoms with Gasteiger partial charge in [0.2, 0.25) is 5.91 Å². The van der Waals surface area contributed by atoms with Crippen LogP contribution in [0.25, 0.3) is 0 Å². The molecule has 1 aromatic rings. The largest absolute Gasteiger partial charge is 0.392 e. The molecule has 0 bridgehead atoms. The normalized spacial score (nSPS) is 36.1. The van der Waals surface area contributed by atoms with E-state index in [9.17, 15) is 14.7 Å². The van der Waals surface area contributed by atoms with Gasteiger partial charge in [0.1, 0.15) is 5.69 Å². The molecule has 1 aliphatic heterocycles. The summed E-state index contributed by atoms with van der Waals surface area (Å²) in [6, 6.07) is -0.0405. The first-order valence-corrected chi connectivity index (χ1v) is 11.9. The van der Waals surface area contributed by atoms with Crippen molar-refractivity contribution in [3.8, 4) is 0 Å². The zero-order chi connectivity index (χ0) is 22.9. The second-order valence-corrected chi connectivity index (χ2v) is 10.2. The predicted octanol–water partition coefficient (Wildman–Crippen LogP) is 1.89. The molecule has 8 nitrogen and oxygen atoms in total. The lowest BCUT2D eigenvalue weighted by Crippen LogP contribution is -2.59. The van der Waals surface area contributed by atoms with Crippen molar-refractivity contribution in [1.29, 1.82) is 0 Å². The molecule has 0 spiro atoms. The van der Waals surface area contributed by atoms with Gasteiger partial charge in [0.15, 0.2) is 0 Å². The summed E-state index contributed by atoms with van der Waals surface area (Å²) in [5, 5.41) is 14.7. The van der Waals surface area contributed by atoms with E-state index in [4.69, 9.17) is 4.74 Å². The molecule has 8 heteroatoms. The van der Waals surface area contributed by atoms with Crippen molar-refractivity contribution in [2.45, 2.75) is 58.6 Å². The zero-order valence-corrected chi connectivity index (χ0v) is 19.4. The Labute approximate surface area is 190 Å². The SMILES string of the molecule is C[C@H]1[C@@H]2[C@@H](O)C([C@H](C)C(=O)N3CCOCC3)CC[C@@]2(C)CC[C@@H]1NC(=O)c1cnccn1. The third kappa shape index (κ3) is 4.39. The van der Waals surface area contributed by atoms with Gasteiger partial charge in [0.05, 0.1) is 25.5 Å². The second-order valence-electron chi connectivity index (χ2n) is 10.2.